The van der Waals surface area contributed by atoms with E-state index in [0.717, 1.165) is 16.7 Å². The van der Waals surface area contributed by atoms with Crippen molar-refractivity contribution in [2.24, 2.45) is 0 Å². The van der Waals surface area contributed by atoms with E-state index in [9.17, 15) is 9.59 Å². The van der Waals surface area contributed by atoms with E-state index >= 15 is 0 Å². The monoisotopic (exact) mass is 515 g/mol. The standard InChI is InChI=1S/C30H29NO7/c1-17-6-9-21-20(14-17)28(32)26-27(19-8-11-23(35-3)25(16-19)37-5)31(30(33)29(26)38-21)13-12-18-7-10-22(34-2)24(15-18)36-4/h6-11,14-16,27H,12-13H2,1-5H3/t27-/m1/s1. The van der Waals surface area contributed by atoms with Gasteiger partial charge < -0.3 is 28.3 Å². The van der Waals surface area contributed by atoms with Gasteiger partial charge in [-0.05, 0) is 60.9 Å². The Morgan fingerprint density at radius 1 is 0.789 bits per heavy atom. The molecule has 1 aromatic heterocycles. The Bertz CT molecular complexity index is 1590. The molecule has 0 saturated carbocycles. The van der Waals surface area contributed by atoms with Crippen molar-refractivity contribution in [1.29, 1.82) is 0 Å². The first-order chi connectivity index (χ1) is 18.4. The van der Waals surface area contributed by atoms with E-state index < -0.39 is 6.04 Å². The first-order valence-corrected chi connectivity index (χ1v) is 12.2. The number of carbonyl (C=O) groups excluding carboxylic acids is 1. The lowest BCUT2D eigenvalue weighted by Gasteiger charge is -2.26. The summed E-state index contributed by atoms with van der Waals surface area (Å²) in [5.41, 5.74) is 3.11. The summed E-state index contributed by atoms with van der Waals surface area (Å²) in [6.07, 6.45) is 0.524. The van der Waals surface area contributed by atoms with Crippen molar-refractivity contribution in [3.8, 4) is 23.0 Å². The molecule has 3 aromatic carbocycles. The van der Waals surface area contributed by atoms with Gasteiger partial charge in [-0.1, -0.05) is 23.8 Å². The number of hydrogen-bond acceptors (Lipinski definition) is 7. The number of nitrogens with zero attached hydrogens (tertiary/aromatic N) is 1. The van der Waals surface area contributed by atoms with Crippen LogP contribution in [0.3, 0.4) is 0 Å². The molecule has 4 aromatic rings. The summed E-state index contributed by atoms with van der Waals surface area (Å²) >= 11 is 0. The second-order valence-electron chi connectivity index (χ2n) is 9.13. The first-order valence-electron chi connectivity index (χ1n) is 12.2. The maximum absolute atomic E-state index is 13.8. The molecular formula is C30H29NO7. The summed E-state index contributed by atoms with van der Waals surface area (Å²) in [5, 5.41) is 0.448. The van der Waals surface area contributed by atoms with Crippen molar-refractivity contribution in [3.05, 3.63) is 92.8 Å². The molecular weight excluding hydrogens is 486 g/mol. The van der Waals surface area contributed by atoms with E-state index in [1.165, 1.54) is 0 Å². The lowest BCUT2D eigenvalue weighted by molar-refractivity contribution is 0.0730. The zero-order valence-corrected chi connectivity index (χ0v) is 22.0. The number of hydrogen-bond donors (Lipinski definition) is 0. The quantitative estimate of drug-likeness (QED) is 0.329. The van der Waals surface area contributed by atoms with Crippen molar-refractivity contribution in [2.45, 2.75) is 19.4 Å². The Balaban J connectivity index is 1.62. The van der Waals surface area contributed by atoms with Crippen LogP contribution in [0.4, 0.5) is 0 Å². The number of rotatable bonds is 8. The highest BCUT2D eigenvalue weighted by Gasteiger charge is 2.42. The molecule has 0 N–H and O–H groups in total. The summed E-state index contributed by atoms with van der Waals surface area (Å²) in [7, 11) is 6.28. The van der Waals surface area contributed by atoms with Gasteiger partial charge >= 0.3 is 0 Å². The van der Waals surface area contributed by atoms with Crippen LogP contribution in [0, 0.1) is 6.92 Å². The Kier molecular flexibility index (Phi) is 6.72. The Morgan fingerprint density at radius 3 is 2.13 bits per heavy atom. The molecule has 8 nitrogen and oxygen atoms in total. The number of aryl methyl sites for hydroxylation is 1. The number of fused-ring (bicyclic) bond motifs is 2. The fraction of sp³-hybridized carbons (Fsp3) is 0.267. The maximum Gasteiger partial charge on any atom is 0.290 e. The van der Waals surface area contributed by atoms with Gasteiger partial charge in [0, 0.05) is 6.54 Å². The second kappa shape index (κ2) is 10.1. The number of benzene rings is 3. The lowest BCUT2D eigenvalue weighted by Crippen LogP contribution is -2.31. The van der Waals surface area contributed by atoms with Crippen LogP contribution >= 0.6 is 0 Å². The third kappa shape index (κ3) is 4.22. The highest BCUT2D eigenvalue weighted by Crippen LogP contribution is 2.41. The number of methoxy groups -OCH3 is 4. The average molecular weight is 516 g/mol. The van der Waals surface area contributed by atoms with Gasteiger partial charge in [0.15, 0.2) is 28.4 Å². The topological polar surface area (TPSA) is 87.4 Å². The van der Waals surface area contributed by atoms with E-state index in [0.29, 0.717) is 52.5 Å². The Labute approximate surface area is 220 Å². The number of amides is 1. The zero-order chi connectivity index (χ0) is 27.0. The molecule has 0 aliphatic carbocycles. The molecule has 5 rings (SSSR count). The molecule has 0 bridgehead atoms. The van der Waals surface area contributed by atoms with Crippen molar-refractivity contribution in [1.82, 2.24) is 4.90 Å². The average Bonchev–Trinajstić information content (AvgIpc) is 3.22. The van der Waals surface area contributed by atoms with E-state index in [1.807, 2.05) is 37.3 Å². The van der Waals surface area contributed by atoms with Gasteiger partial charge in [-0.2, -0.15) is 0 Å². The second-order valence-corrected chi connectivity index (χ2v) is 9.13. The van der Waals surface area contributed by atoms with Crippen molar-refractivity contribution in [3.63, 3.8) is 0 Å². The molecule has 1 atom stereocenters. The SMILES string of the molecule is COc1ccc(CCN2C(=O)c3oc4ccc(C)cc4c(=O)c3[C@H]2c2ccc(OC)c(OC)c2)cc1OC. The molecule has 8 heteroatoms. The van der Waals surface area contributed by atoms with Crippen LogP contribution in [0.2, 0.25) is 0 Å². The van der Waals surface area contributed by atoms with Gasteiger partial charge in [0.05, 0.1) is 45.4 Å². The van der Waals surface area contributed by atoms with Gasteiger partial charge in [-0.25, -0.2) is 0 Å². The van der Waals surface area contributed by atoms with Gasteiger partial charge in [0.2, 0.25) is 5.76 Å². The minimum atomic E-state index is -0.654. The third-order valence-electron chi connectivity index (χ3n) is 6.93. The highest BCUT2D eigenvalue weighted by atomic mass is 16.5. The molecule has 0 spiro atoms. The van der Waals surface area contributed by atoms with E-state index in [-0.39, 0.29) is 17.1 Å². The van der Waals surface area contributed by atoms with E-state index in [4.69, 9.17) is 23.4 Å². The minimum Gasteiger partial charge on any atom is -0.493 e. The Morgan fingerprint density at radius 2 is 1.45 bits per heavy atom. The predicted molar refractivity (Wildman–Crippen MR) is 143 cm³/mol. The minimum absolute atomic E-state index is 0.0680. The smallest absolute Gasteiger partial charge is 0.290 e. The summed E-state index contributed by atoms with van der Waals surface area (Å²) < 4.78 is 27.8. The van der Waals surface area contributed by atoms with E-state index in [2.05, 4.69) is 0 Å². The molecule has 1 aliphatic heterocycles. The van der Waals surface area contributed by atoms with Crippen LogP contribution in [0.1, 0.15) is 38.9 Å². The summed E-state index contributed by atoms with van der Waals surface area (Å²) in [6.45, 7) is 2.25. The highest BCUT2D eigenvalue weighted by molar-refractivity contribution is 5.99. The fourth-order valence-corrected chi connectivity index (χ4v) is 5.02. The van der Waals surface area contributed by atoms with E-state index in [1.54, 1.807) is 57.6 Å². The van der Waals surface area contributed by atoms with Crippen molar-refractivity contribution >= 4 is 16.9 Å². The van der Waals surface area contributed by atoms with Crippen LogP contribution in [0.15, 0.2) is 63.8 Å². The van der Waals surface area contributed by atoms with Crippen LogP contribution in [-0.2, 0) is 6.42 Å². The first kappa shape index (κ1) is 25.2. The lowest BCUT2D eigenvalue weighted by atomic mass is 9.97. The summed E-state index contributed by atoms with van der Waals surface area (Å²) in [6, 6.07) is 15.8. The van der Waals surface area contributed by atoms with Crippen molar-refractivity contribution in [2.75, 3.05) is 35.0 Å². The molecule has 0 fully saturated rings. The molecule has 2 heterocycles. The molecule has 1 aliphatic rings. The normalized spacial score (nSPS) is 14.5. The van der Waals surface area contributed by atoms with Gasteiger partial charge in [-0.3, -0.25) is 9.59 Å². The molecule has 0 unspecified atom stereocenters. The van der Waals surface area contributed by atoms with Crippen molar-refractivity contribution < 1.29 is 28.2 Å². The molecule has 0 saturated heterocycles. The fourth-order valence-electron chi connectivity index (χ4n) is 5.02. The number of carbonyl (C=O) groups is 1. The van der Waals surface area contributed by atoms with Gasteiger partial charge in [0.25, 0.3) is 5.91 Å². The van der Waals surface area contributed by atoms with Crippen LogP contribution in [0.25, 0.3) is 11.0 Å². The zero-order valence-electron chi connectivity index (χ0n) is 22.0. The van der Waals surface area contributed by atoms with Gasteiger partial charge in [-0.15, -0.1) is 0 Å². The maximum atomic E-state index is 13.8. The molecule has 196 valence electrons. The number of ether oxygens (including phenoxy) is 4. The third-order valence-corrected chi connectivity index (χ3v) is 6.93. The molecule has 0 radical (unpaired) electrons. The largest absolute Gasteiger partial charge is 0.493 e. The summed E-state index contributed by atoms with van der Waals surface area (Å²) in [5.74, 6) is 2.03. The summed E-state index contributed by atoms with van der Waals surface area (Å²) in [4.78, 5) is 29.3. The van der Waals surface area contributed by atoms with Crippen LogP contribution in [-0.4, -0.2) is 45.8 Å². The predicted octanol–water partition coefficient (Wildman–Crippen LogP) is 4.92. The molecule has 1 amide bonds. The van der Waals surface area contributed by atoms with Gasteiger partial charge in [0.1, 0.15) is 5.58 Å². The van der Waals surface area contributed by atoms with Crippen LogP contribution < -0.4 is 24.4 Å². The molecule has 38 heavy (non-hydrogen) atoms. The Hall–Kier alpha value is -4.46. The van der Waals surface area contributed by atoms with Crippen LogP contribution in [0.5, 0.6) is 23.0 Å².